The van der Waals surface area contributed by atoms with E-state index in [2.05, 4.69) is 10.6 Å². The maximum atomic E-state index is 12.5. The fourth-order valence-corrected chi connectivity index (χ4v) is 1.33. The predicted octanol–water partition coefficient (Wildman–Crippen LogP) is 2.99. The lowest BCUT2D eigenvalue weighted by molar-refractivity contribution is -0.137. The van der Waals surface area contributed by atoms with Crippen LogP contribution in [-0.2, 0) is 6.18 Å². The van der Waals surface area contributed by atoms with Gasteiger partial charge in [-0.15, -0.1) is 0 Å². The zero-order chi connectivity index (χ0) is 15.6. The Hall–Kier alpha value is -1.76. The number of benzene rings is 1. The van der Waals surface area contributed by atoms with Crippen LogP contribution in [0.3, 0.4) is 0 Å². The number of rotatable bonds is 3. The Kier molecular flexibility index (Phi) is 4.65. The van der Waals surface area contributed by atoms with Crippen molar-refractivity contribution in [3.05, 3.63) is 29.8 Å². The normalized spacial score (nSPS) is 13.8. The minimum atomic E-state index is -4.47. The van der Waals surface area contributed by atoms with E-state index in [4.69, 9.17) is 0 Å². The Bertz CT molecular complexity index is 485. The Morgan fingerprint density at radius 3 is 2.40 bits per heavy atom. The van der Waals surface area contributed by atoms with Gasteiger partial charge in [0.25, 0.3) is 0 Å². The third-order valence-corrected chi connectivity index (χ3v) is 2.93. The highest BCUT2D eigenvalue weighted by Gasteiger charge is 2.31. The van der Waals surface area contributed by atoms with Gasteiger partial charge in [0.15, 0.2) is 0 Å². The van der Waals surface area contributed by atoms with Crippen molar-refractivity contribution in [3.8, 4) is 0 Å². The number of hydrogen-bond donors (Lipinski definition) is 3. The van der Waals surface area contributed by atoms with Crippen molar-refractivity contribution in [1.82, 2.24) is 5.32 Å². The molecule has 0 fully saturated rings. The molecule has 112 valence electrons. The van der Waals surface area contributed by atoms with Crippen LogP contribution >= 0.6 is 0 Å². The Morgan fingerprint density at radius 1 is 1.30 bits per heavy atom. The molecule has 1 aromatic carbocycles. The molecule has 0 saturated heterocycles. The molecule has 4 nitrogen and oxygen atoms in total. The Morgan fingerprint density at radius 2 is 1.90 bits per heavy atom. The van der Waals surface area contributed by atoms with Crippen molar-refractivity contribution >= 4 is 11.7 Å². The van der Waals surface area contributed by atoms with Gasteiger partial charge in [-0.1, -0.05) is 6.07 Å². The standard InChI is InChI=1S/C13H17F3N2O2/c1-8(19)12(2,3)18-11(20)17-10-6-4-5-9(7-10)13(14,15)16/h4-8,19H,1-3H3,(H2,17,18,20). The molecule has 20 heavy (non-hydrogen) atoms. The molecule has 7 heteroatoms. The van der Waals surface area contributed by atoms with Crippen LogP contribution in [0.5, 0.6) is 0 Å². The van der Waals surface area contributed by atoms with Crippen LogP contribution in [0, 0.1) is 0 Å². The molecule has 2 amide bonds. The molecular weight excluding hydrogens is 273 g/mol. The van der Waals surface area contributed by atoms with Gasteiger partial charge in [-0.25, -0.2) is 4.79 Å². The predicted molar refractivity (Wildman–Crippen MR) is 69.4 cm³/mol. The van der Waals surface area contributed by atoms with Crippen molar-refractivity contribution < 1.29 is 23.1 Å². The maximum Gasteiger partial charge on any atom is 0.416 e. The molecule has 0 aromatic heterocycles. The number of nitrogens with one attached hydrogen (secondary N) is 2. The zero-order valence-corrected chi connectivity index (χ0v) is 11.4. The molecule has 0 radical (unpaired) electrons. The van der Waals surface area contributed by atoms with Crippen molar-refractivity contribution in [2.75, 3.05) is 5.32 Å². The number of aliphatic hydroxyl groups excluding tert-OH is 1. The summed E-state index contributed by atoms with van der Waals surface area (Å²) < 4.78 is 37.6. The fourth-order valence-electron chi connectivity index (χ4n) is 1.33. The molecule has 1 unspecified atom stereocenters. The molecule has 0 bridgehead atoms. The highest BCUT2D eigenvalue weighted by molar-refractivity contribution is 5.89. The summed E-state index contributed by atoms with van der Waals surface area (Å²) in [5, 5.41) is 14.2. The molecule has 0 spiro atoms. The van der Waals surface area contributed by atoms with Gasteiger partial charge < -0.3 is 15.7 Å². The van der Waals surface area contributed by atoms with E-state index in [0.29, 0.717) is 0 Å². The Balaban J connectivity index is 2.77. The first kappa shape index (κ1) is 16.3. The van der Waals surface area contributed by atoms with Gasteiger partial charge in [0.05, 0.1) is 17.2 Å². The summed E-state index contributed by atoms with van der Waals surface area (Å²) >= 11 is 0. The molecule has 0 aliphatic heterocycles. The van der Waals surface area contributed by atoms with Gasteiger partial charge in [0.2, 0.25) is 0 Å². The quantitative estimate of drug-likeness (QED) is 0.801. The van der Waals surface area contributed by atoms with Gasteiger partial charge in [-0.3, -0.25) is 0 Å². The van der Waals surface area contributed by atoms with E-state index in [1.165, 1.54) is 19.1 Å². The Labute approximate surface area is 115 Å². The SMILES string of the molecule is CC(O)C(C)(C)NC(=O)Nc1cccc(C(F)(F)F)c1. The van der Waals surface area contributed by atoms with E-state index in [0.717, 1.165) is 12.1 Å². The number of aliphatic hydroxyl groups is 1. The molecule has 1 rings (SSSR count). The summed E-state index contributed by atoms with van der Waals surface area (Å²) in [5.41, 5.74) is -1.71. The minimum Gasteiger partial charge on any atom is -0.391 e. The summed E-state index contributed by atoms with van der Waals surface area (Å²) in [6.07, 6.45) is -5.28. The summed E-state index contributed by atoms with van der Waals surface area (Å²) in [5.74, 6) is 0. The van der Waals surface area contributed by atoms with Crippen LogP contribution in [0.1, 0.15) is 26.3 Å². The smallest absolute Gasteiger partial charge is 0.391 e. The number of anilines is 1. The van der Waals surface area contributed by atoms with Gasteiger partial charge in [-0.2, -0.15) is 13.2 Å². The van der Waals surface area contributed by atoms with Gasteiger partial charge in [-0.05, 0) is 39.0 Å². The van der Waals surface area contributed by atoms with Gasteiger partial charge in [0, 0.05) is 5.69 Å². The van der Waals surface area contributed by atoms with E-state index in [9.17, 15) is 23.1 Å². The summed E-state index contributed by atoms with van der Waals surface area (Å²) in [6.45, 7) is 4.71. The van der Waals surface area contributed by atoms with E-state index in [-0.39, 0.29) is 5.69 Å². The minimum absolute atomic E-state index is 0.0266. The largest absolute Gasteiger partial charge is 0.416 e. The van der Waals surface area contributed by atoms with Crippen molar-refractivity contribution in [2.24, 2.45) is 0 Å². The van der Waals surface area contributed by atoms with Crippen LogP contribution in [-0.4, -0.2) is 22.8 Å². The first-order chi connectivity index (χ1) is 9.02. The third kappa shape index (κ3) is 4.41. The topological polar surface area (TPSA) is 61.4 Å². The van der Waals surface area contributed by atoms with Crippen LogP contribution in [0.25, 0.3) is 0 Å². The molecular formula is C13H17F3N2O2. The van der Waals surface area contributed by atoms with E-state index >= 15 is 0 Å². The number of halogens is 3. The van der Waals surface area contributed by atoms with Crippen molar-refractivity contribution in [3.63, 3.8) is 0 Å². The summed E-state index contributed by atoms with van der Waals surface area (Å²) in [4.78, 5) is 11.7. The number of carbonyl (C=O) groups is 1. The molecule has 1 atom stereocenters. The average molecular weight is 290 g/mol. The number of urea groups is 1. The molecule has 1 aromatic rings. The van der Waals surface area contributed by atoms with Crippen LogP contribution in [0.4, 0.5) is 23.7 Å². The first-order valence-corrected chi connectivity index (χ1v) is 5.97. The third-order valence-electron chi connectivity index (χ3n) is 2.93. The van der Waals surface area contributed by atoms with Crippen molar-refractivity contribution in [2.45, 2.75) is 38.6 Å². The lowest BCUT2D eigenvalue weighted by Crippen LogP contribution is -2.52. The molecule has 0 saturated carbocycles. The number of amides is 2. The number of alkyl halides is 3. The summed E-state index contributed by atoms with van der Waals surface area (Å²) in [6, 6.07) is 3.63. The molecule has 0 aliphatic carbocycles. The maximum absolute atomic E-state index is 12.5. The lowest BCUT2D eigenvalue weighted by atomic mass is 9.99. The second kappa shape index (κ2) is 5.70. The number of carbonyl (C=O) groups excluding carboxylic acids is 1. The first-order valence-electron chi connectivity index (χ1n) is 5.97. The average Bonchev–Trinajstić information content (AvgIpc) is 2.26. The van der Waals surface area contributed by atoms with Crippen LogP contribution < -0.4 is 10.6 Å². The number of hydrogen-bond acceptors (Lipinski definition) is 2. The second-order valence-corrected chi connectivity index (χ2v) is 5.06. The highest BCUT2D eigenvalue weighted by atomic mass is 19.4. The highest BCUT2D eigenvalue weighted by Crippen LogP contribution is 2.30. The van der Waals surface area contributed by atoms with E-state index in [1.807, 2.05) is 0 Å². The molecule has 0 heterocycles. The fraction of sp³-hybridized carbons (Fsp3) is 0.462. The summed E-state index contributed by atoms with van der Waals surface area (Å²) in [7, 11) is 0. The van der Waals surface area contributed by atoms with Crippen LogP contribution in [0.2, 0.25) is 0 Å². The van der Waals surface area contributed by atoms with E-state index < -0.39 is 29.4 Å². The molecule has 3 N–H and O–H groups in total. The van der Waals surface area contributed by atoms with Crippen LogP contribution in [0.15, 0.2) is 24.3 Å². The van der Waals surface area contributed by atoms with E-state index in [1.54, 1.807) is 13.8 Å². The van der Waals surface area contributed by atoms with Gasteiger partial charge in [0.1, 0.15) is 0 Å². The zero-order valence-electron chi connectivity index (χ0n) is 11.4. The lowest BCUT2D eigenvalue weighted by Gasteiger charge is -2.29. The monoisotopic (exact) mass is 290 g/mol. The second-order valence-electron chi connectivity index (χ2n) is 5.06. The molecule has 0 aliphatic rings. The van der Waals surface area contributed by atoms with Gasteiger partial charge >= 0.3 is 12.2 Å². The van der Waals surface area contributed by atoms with Crippen molar-refractivity contribution in [1.29, 1.82) is 0 Å².